The number of rotatable bonds is 7. The molecule has 1 rings (SSSR count). The maximum absolute atomic E-state index is 11.9. The fourth-order valence-electron chi connectivity index (χ4n) is 2.60. The van der Waals surface area contributed by atoms with Crippen LogP contribution in [0.4, 0.5) is 0 Å². The van der Waals surface area contributed by atoms with Gasteiger partial charge in [0.05, 0.1) is 7.11 Å². The minimum atomic E-state index is -0.813. The fraction of sp³-hybridized carbons (Fsp3) is 0.923. The molecule has 2 N–H and O–H groups in total. The first-order chi connectivity index (χ1) is 7.99. The SMILES string of the molecule is CCC(CC)N(C)CC(N)(C(=O)OC)C1CC1. The molecule has 0 radical (unpaired) electrons. The third-order valence-electron chi connectivity index (χ3n) is 3.95. The maximum atomic E-state index is 11.9. The Labute approximate surface area is 104 Å². The van der Waals surface area contributed by atoms with Crippen molar-refractivity contribution in [2.24, 2.45) is 11.7 Å². The van der Waals surface area contributed by atoms with Crippen molar-refractivity contribution in [2.45, 2.75) is 51.1 Å². The van der Waals surface area contributed by atoms with Crippen LogP contribution in [0.3, 0.4) is 0 Å². The molecule has 17 heavy (non-hydrogen) atoms. The second-order valence-electron chi connectivity index (χ2n) is 5.19. The van der Waals surface area contributed by atoms with E-state index < -0.39 is 5.54 Å². The Hall–Kier alpha value is -0.610. The van der Waals surface area contributed by atoms with Gasteiger partial charge in [-0.2, -0.15) is 0 Å². The van der Waals surface area contributed by atoms with Crippen LogP contribution < -0.4 is 5.73 Å². The van der Waals surface area contributed by atoms with Crippen molar-refractivity contribution in [3.8, 4) is 0 Å². The van der Waals surface area contributed by atoms with E-state index in [1.54, 1.807) is 0 Å². The van der Waals surface area contributed by atoms with Crippen LogP contribution in [0.2, 0.25) is 0 Å². The summed E-state index contributed by atoms with van der Waals surface area (Å²) in [6.45, 7) is 4.92. The molecule has 4 heteroatoms. The number of carbonyl (C=O) groups is 1. The maximum Gasteiger partial charge on any atom is 0.327 e. The van der Waals surface area contributed by atoms with E-state index >= 15 is 0 Å². The van der Waals surface area contributed by atoms with Crippen LogP contribution in [0.15, 0.2) is 0 Å². The summed E-state index contributed by atoms with van der Waals surface area (Å²) in [6, 6.07) is 0.487. The number of hydrogen-bond acceptors (Lipinski definition) is 4. The van der Waals surface area contributed by atoms with Gasteiger partial charge >= 0.3 is 5.97 Å². The van der Waals surface area contributed by atoms with Crippen LogP contribution in [0.5, 0.6) is 0 Å². The Morgan fingerprint density at radius 3 is 2.35 bits per heavy atom. The Balaban J connectivity index is 2.69. The van der Waals surface area contributed by atoms with Crippen LogP contribution >= 0.6 is 0 Å². The molecule has 0 heterocycles. The van der Waals surface area contributed by atoms with E-state index in [9.17, 15) is 4.79 Å². The number of carbonyl (C=O) groups excluding carboxylic acids is 1. The van der Waals surface area contributed by atoms with E-state index in [-0.39, 0.29) is 5.97 Å². The third-order valence-corrected chi connectivity index (χ3v) is 3.95. The zero-order valence-electron chi connectivity index (χ0n) is 11.5. The lowest BCUT2D eigenvalue weighted by molar-refractivity contribution is -0.149. The number of nitrogens with zero attached hydrogens (tertiary/aromatic N) is 1. The largest absolute Gasteiger partial charge is 0.468 e. The number of likely N-dealkylation sites (N-methyl/N-ethyl adjacent to an activating group) is 1. The van der Waals surface area contributed by atoms with E-state index in [4.69, 9.17) is 10.5 Å². The molecule has 4 nitrogen and oxygen atoms in total. The van der Waals surface area contributed by atoms with Crippen molar-refractivity contribution in [1.29, 1.82) is 0 Å². The summed E-state index contributed by atoms with van der Waals surface area (Å²) in [6.07, 6.45) is 4.24. The fourth-order valence-corrected chi connectivity index (χ4v) is 2.60. The molecule has 1 aliphatic carbocycles. The van der Waals surface area contributed by atoms with Crippen LogP contribution in [0.1, 0.15) is 39.5 Å². The lowest BCUT2D eigenvalue weighted by atomic mass is 9.93. The number of nitrogens with two attached hydrogens (primary N) is 1. The molecule has 1 unspecified atom stereocenters. The lowest BCUT2D eigenvalue weighted by Crippen LogP contribution is -2.59. The smallest absolute Gasteiger partial charge is 0.327 e. The topological polar surface area (TPSA) is 55.6 Å². The van der Waals surface area contributed by atoms with Crippen LogP contribution in [-0.2, 0) is 9.53 Å². The Morgan fingerprint density at radius 1 is 1.47 bits per heavy atom. The van der Waals surface area contributed by atoms with Crippen LogP contribution in [0, 0.1) is 5.92 Å². The quantitative estimate of drug-likeness (QED) is 0.685. The molecule has 0 saturated heterocycles. The number of ether oxygens (including phenoxy) is 1. The van der Waals surface area contributed by atoms with Crippen molar-refractivity contribution in [1.82, 2.24) is 4.90 Å². The van der Waals surface area contributed by atoms with Gasteiger partial charge in [-0.15, -0.1) is 0 Å². The summed E-state index contributed by atoms with van der Waals surface area (Å²) in [4.78, 5) is 14.1. The minimum Gasteiger partial charge on any atom is -0.468 e. The molecule has 0 aliphatic heterocycles. The molecule has 0 aromatic heterocycles. The van der Waals surface area contributed by atoms with Crippen molar-refractivity contribution in [3.63, 3.8) is 0 Å². The molecule has 0 aromatic rings. The third kappa shape index (κ3) is 3.19. The highest BCUT2D eigenvalue weighted by Crippen LogP contribution is 2.39. The van der Waals surface area contributed by atoms with Crippen molar-refractivity contribution >= 4 is 5.97 Å². The predicted molar refractivity (Wildman–Crippen MR) is 68.7 cm³/mol. The Bertz CT molecular complexity index is 262. The number of hydrogen-bond donors (Lipinski definition) is 1. The normalized spacial score (nSPS) is 19.5. The first kappa shape index (κ1) is 14.5. The van der Waals surface area contributed by atoms with Gasteiger partial charge in [0, 0.05) is 12.6 Å². The van der Waals surface area contributed by atoms with E-state index in [1.165, 1.54) is 7.11 Å². The van der Waals surface area contributed by atoms with Crippen LogP contribution in [-0.4, -0.2) is 43.2 Å². The van der Waals surface area contributed by atoms with Crippen molar-refractivity contribution in [3.05, 3.63) is 0 Å². The summed E-state index contributed by atoms with van der Waals surface area (Å²) >= 11 is 0. The van der Waals surface area contributed by atoms with Crippen LogP contribution in [0.25, 0.3) is 0 Å². The molecule has 100 valence electrons. The van der Waals surface area contributed by atoms with Gasteiger partial charge < -0.3 is 15.4 Å². The van der Waals surface area contributed by atoms with E-state index in [2.05, 4.69) is 18.7 Å². The van der Waals surface area contributed by atoms with Gasteiger partial charge in [-0.1, -0.05) is 13.8 Å². The zero-order chi connectivity index (χ0) is 13.1. The molecule has 0 spiro atoms. The second-order valence-corrected chi connectivity index (χ2v) is 5.19. The molecular formula is C13H26N2O2. The standard InChI is InChI=1S/C13H26N2O2/c1-5-11(6-2)15(3)9-13(14,10-7-8-10)12(16)17-4/h10-11H,5-9,14H2,1-4H3. The lowest BCUT2D eigenvalue weighted by Gasteiger charge is -2.35. The van der Waals surface area contributed by atoms with E-state index in [1.807, 2.05) is 7.05 Å². The summed E-state index contributed by atoms with van der Waals surface area (Å²) in [5, 5.41) is 0. The zero-order valence-corrected chi connectivity index (χ0v) is 11.5. The predicted octanol–water partition coefficient (Wildman–Crippen LogP) is 1.39. The molecule has 0 bridgehead atoms. The number of esters is 1. The highest BCUT2D eigenvalue weighted by Gasteiger charge is 2.49. The minimum absolute atomic E-state index is 0.266. The average Bonchev–Trinajstić information content (AvgIpc) is 3.13. The summed E-state index contributed by atoms with van der Waals surface area (Å²) in [7, 11) is 3.47. The summed E-state index contributed by atoms with van der Waals surface area (Å²) in [5.74, 6) is 0.0320. The highest BCUT2D eigenvalue weighted by molar-refractivity contribution is 5.81. The molecule has 1 fully saturated rings. The first-order valence-corrected chi connectivity index (χ1v) is 6.57. The first-order valence-electron chi connectivity index (χ1n) is 6.57. The Morgan fingerprint density at radius 2 is 2.00 bits per heavy atom. The molecule has 1 saturated carbocycles. The van der Waals surface area contributed by atoms with E-state index in [0.29, 0.717) is 18.5 Å². The molecule has 1 atom stereocenters. The van der Waals surface area contributed by atoms with Gasteiger partial charge in [0.15, 0.2) is 0 Å². The molecular weight excluding hydrogens is 216 g/mol. The van der Waals surface area contributed by atoms with Gasteiger partial charge in [0.1, 0.15) is 5.54 Å². The van der Waals surface area contributed by atoms with E-state index in [0.717, 1.165) is 25.7 Å². The molecule has 0 amide bonds. The van der Waals surface area contributed by atoms with Gasteiger partial charge in [-0.25, -0.2) is 0 Å². The molecule has 1 aliphatic rings. The average molecular weight is 242 g/mol. The van der Waals surface area contributed by atoms with Gasteiger partial charge in [-0.3, -0.25) is 4.79 Å². The summed E-state index contributed by atoms with van der Waals surface area (Å²) in [5.41, 5.74) is 5.48. The van der Waals surface area contributed by atoms with Gasteiger partial charge in [-0.05, 0) is 38.6 Å². The Kier molecular flexibility index (Phi) is 4.95. The van der Waals surface area contributed by atoms with Gasteiger partial charge in [0.25, 0.3) is 0 Å². The van der Waals surface area contributed by atoms with Gasteiger partial charge in [0.2, 0.25) is 0 Å². The van der Waals surface area contributed by atoms with Crippen molar-refractivity contribution < 1.29 is 9.53 Å². The van der Waals surface area contributed by atoms with Crippen molar-refractivity contribution in [2.75, 3.05) is 20.7 Å². The summed E-state index contributed by atoms with van der Waals surface area (Å²) < 4.78 is 4.87. The molecule has 0 aromatic carbocycles. The number of methoxy groups -OCH3 is 1. The highest BCUT2D eigenvalue weighted by atomic mass is 16.5. The monoisotopic (exact) mass is 242 g/mol. The second kappa shape index (κ2) is 5.83.